The number of halogens is 1. The van der Waals surface area contributed by atoms with Crippen LogP contribution >= 0.6 is 11.6 Å². The molecule has 2 heterocycles. The van der Waals surface area contributed by atoms with Gasteiger partial charge in [0, 0.05) is 17.3 Å². The average Bonchev–Trinajstić information content (AvgIpc) is 3.13. The summed E-state index contributed by atoms with van der Waals surface area (Å²) in [6.07, 6.45) is 0. The highest BCUT2D eigenvalue weighted by Gasteiger charge is 2.48. The number of carbonyl (C=O) groups is 2. The van der Waals surface area contributed by atoms with E-state index in [4.69, 9.17) is 16.3 Å². The molecule has 1 unspecified atom stereocenters. The molecule has 1 N–H and O–H groups in total. The minimum Gasteiger partial charge on any atom is -0.497 e. The zero-order valence-corrected chi connectivity index (χ0v) is 18.3. The maximum absolute atomic E-state index is 13.5. The molecule has 160 valence electrons. The van der Waals surface area contributed by atoms with Crippen LogP contribution in [0.25, 0.3) is 0 Å². The van der Waals surface area contributed by atoms with E-state index in [9.17, 15) is 9.59 Å². The molecule has 0 fully saturated rings. The van der Waals surface area contributed by atoms with E-state index >= 15 is 0 Å². The summed E-state index contributed by atoms with van der Waals surface area (Å²) in [5, 5.41) is 8.02. The molecule has 0 spiro atoms. The van der Waals surface area contributed by atoms with Crippen LogP contribution in [0.2, 0.25) is 5.02 Å². The van der Waals surface area contributed by atoms with Crippen LogP contribution in [-0.4, -0.2) is 34.2 Å². The highest BCUT2D eigenvalue weighted by Crippen LogP contribution is 2.33. The Morgan fingerprint density at radius 1 is 1.19 bits per heavy atom. The third-order valence-corrected chi connectivity index (χ3v) is 5.71. The van der Waals surface area contributed by atoms with Gasteiger partial charge < -0.3 is 10.1 Å². The van der Waals surface area contributed by atoms with Crippen LogP contribution in [0.15, 0.2) is 54.6 Å². The fourth-order valence-electron chi connectivity index (χ4n) is 3.82. The van der Waals surface area contributed by atoms with Crippen LogP contribution in [0.1, 0.15) is 28.7 Å². The quantitative estimate of drug-likeness (QED) is 0.660. The summed E-state index contributed by atoms with van der Waals surface area (Å²) in [5.74, 6) is 0.120. The van der Waals surface area contributed by atoms with Crippen LogP contribution in [0.3, 0.4) is 0 Å². The number of nitrogens with one attached hydrogen (secondary N) is 1. The van der Waals surface area contributed by atoms with Gasteiger partial charge in [0.15, 0.2) is 0 Å². The number of hydrogen-bond acceptors (Lipinski definition) is 4. The van der Waals surface area contributed by atoms with Gasteiger partial charge in [0.25, 0.3) is 5.91 Å². The van der Waals surface area contributed by atoms with Crippen molar-refractivity contribution in [3.05, 3.63) is 76.6 Å². The van der Waals surface area contributed by atoms with Gasteiger partial charge in [0.2, 0.25) is 5.91 Å². The molecular formula is C23H23ClN4O3. The van der Waals surface area contributed by atoms with Crippen molar-refractivity contribution >= 4 is 29.1 Å². The van der Waals surface area contributed by atoms with Gasteiger partial charge in [-0.2, -0.15) is 5.10 Å². The Bertz CT molecular complexity index is 1120. The number of benzene rings is 2. The molecule has 1 atom stereocenters. The summed E-state index contributed by atoms with van der Waals surface area (Å²) < 4.78 is 6.84. The lowest BCUT2D eigenvalue weighted by Crippen LogP contribution is -2.64. The summed E-state index contributed by atoms with van der Waals surface area (Å²) >= 11 is 5.94. The van der Waals surface area contributed by atoms with Crippen molar-refractivity contribution < 1.29 is 14.3 Å². The highest BCUT2D eigenvalue weighted by atomic mass is 35.5. The molecular weight excluding hydrogens is 416 g/mol. The number of anilines is 1. The molecule has 0 saturated carbocycles. The third-order valence-electron chi connectivity index (χ3n) is 5.46. The van der Waals surface area contributed by atoms with E-state index in [1.165, 1.54) is 0 Å². The van der Waals surface area contributed by atoms with Crippen molar-refractivity contribution in [3.63, 3.8) is 0 Å². The molecule has 0 saturated heterocycles. The predicted molar refractivity (Wildman–Crippen MR) is 118 cm³/mol. The Labute approximate surface area is 185 Å². The molecule has 2 amide bonds. The van der Waals surface area contributed by atoms with Gasteiger partial charge in [-0.05, 0) is 61.9 Å². The van der Waals surface area contributed by atoms with Gasteiger partial charge in [0.1, 0.15) is 17.0 Å². The SMILES string of the molecule is COc1ccc(N2C(=O)c3cc(C)nn3CC2(C)C(=O)NCc2ccc(Cl)cc2)cc1. The number of rotatable bonds is 5. The fraction of sp³-hybridized carbons (Fsp3) is 0.261. The van der Waals surface area contributed by atoms with E-state index in [2.05, 4.69) is 10.4 Å². The molecule has 1 aliphatic rings. The highest BCUT2D eigenvalue weighted by molar-refractivity contribution is 6.30. The van der Waals surface area contributed by atoms with Gasteiger partial charge in [-0.25, -0.2) is 0 Å². The Morgan fingerprint density at radius 2 is 1.87 bits per heavy atom. The number of aromatic nitrogens is 2. The molecule has 0 aliphatic carbocycles. The number of aryl methyl sites for hydroxylation is 1. The molecule has 0 bridgehead atoms. The number of nitrogens with zero attached hydrogens (tertiary/aromatic N) is 3. The summed E-state index contributed by atoms with van der Waals surface area (Å²) in [6.45, 7) is 4.14. The fourth-order valence-corrected chi connectivity index (χ4v) is 3.95. The van der Waals surface area contributed by atoms with E-state index < -0.39 is 5.54 Å². The number of amides is 2. The smallest absolute Gasteiger partial charge is 0.277 e. The Morgan fingerprint density at radius 3 is 2.52 bits per heavy atom. The first-order valence-corrected chi connectivity index (χ1v) is 10.3. The van der Waals surface area contributed by atoms with Crippen molar-refractivity contribution in [1.82, 2.24) is 15.1 Å². The molecule has 1 aromatic heterocycles. The molecule has 4 rings (SSSR count). The van der Waals surface area contributed by atoms with Crippen LogP contribution in [-0.2, 0) is 17.9 Å². The molecule has 3 aromatic rings. The molecule has 31 heavy (non-hydrogen) atoms. The number of ether oxygens (including phenoxy) is 1. The van der Waals surface area contributed by atoms with Gasteiger partial charge in [0.05, 0.1) is 19.3 Å². The normalized spacial score (nSPS) is 17.9. The number of methoxy groups -OCH3 is 1. The second kappa shape index (κ2) is 8.07. The molecule has 1 aliphatic heterocycles. The number of fused-ring (bicyclic) bond motifs is 1. The summed E-state index contributed by atoms with van der Waals surface area (Å²) in [7, 11) is 1.58. The monoisotopic (exact) mass is 438 g/mol. The van der Waals surface area contributed by atoms with E-state index in [0.717, 1.165) is 11.3 Å². The Balaban J connectivity index is 1.69. The van der Waals surface area contributed by atoms with Crippen molar-refractivity contribution in [2.24, 2.45) is 0 Å². The summed E-state index contributed by atoms with van der Waals surface area (Å²) in [4.78, 5) is 28.4. The van der Waals surface area contributed by atoms with Crippen molar-refractivity contribution in [1.29, 1.82) is 0 Å². The van der Waals surface area contributed by atoms with Crippen molar-refractivity contribution in [2.45, 2.75) is 32.5 Å². The third kappa shape index (κ3) is 3.88. The lowest BCUT2D eigenvalue weighted by molar-refractivity contribution is -0.126. The lowest BCUT2D eigenvalue weighted by atomic mass is 9.94. The van der Waals surface area contributed by atoms with Gasteiger partial charge in [-0.1, -0.05) is 23.7 Å². The zero-order chi connectivity index (χ0) is 22.2. The first kappa shape index (κ1) is 20.9. The minimum absolute atomic E-state index is 0.237. The van der Waals surface area contributed by atoms with E-state index in [0.29, 0.717) is 28.7 Å². The Kier molecular flexibility index (Phi) is 5.45. The molecule has 2 aromatic carbocycles. The van der Waals surface area contributed by atoms with Crippen LogP contribution in [0.5, 0.6) is 5.75 Å². The largest absolute Gasteiger partial charge is 0.497 e. The number of carbonyl (C=O) groups excluding carboxylic acids is 2. The summed E-state index contributed by atoms with van der Waals surface area (Å²) in [5.41, 5.74) is 1.53. The predicted octanol–water partition coefficient (Wildman–Crippen LogP) is 3.59. The maximum atomic E-state index is 13.5. The van der Waals surface area contributed by atoms with Crippen LogP contribution in [0, 0.1) is 6.92 Å². The van der Waals surface area contributed by atoms with Gasteiger partial charge in [-0.15, -0.1) is 0 Å². The second-order valence-corrected chi connectivity index (χ2v) is 8.19. The van der Waals surface area contributed by atoms with Crippen LogP contribution < -0.4 is 15.0 Å². The van der Waals surface area contributed by atoms with Crippen LogP contribution in [0.4, 0.5) is 5.69 Å². The number of hydrogen-bond donors (Lipinski definition) is 1. The van der Waals surface area contributed by atoms with Crippen molar-refractivity contribution in [3.8, 4) is 5.75 Å². The first-order chi connectivity index (χ1) is 14.8. The topological polar surface area (TPSA) is 76.5 Å². The minimum atomic E-state index is -1.18. The van der Waals surface area contributed by atoms with Crippen molar-refractivity contribution in [2.75, 3.05) is 12.0 Å². The van der Waals surface area contributed by atoms with Gasteiger partial charge >= 0.3 is 0 Å². The first-order valence-electron chi connectivity index (χ1n) is 9.87. The molecule has 8 heteroatoms. The lowest BCUT2D eigenvalue weighted by Gasteiger charge is -2.43. The molecule has 7 nitrogen and oxygen atoms in total. The zero-order valence-electron chi connectivity index (χ0n) is 17.6. The van der Waals surface area contributed by atoms with E-state index in [1.54, 1.807) is 66.1 Å². The second-order valence-electron chi connectivity index (χ2n) is 7.75. The van der Waals surface area contributed by atoms with Gasteiger partial charge in [-0.3, -0.25) is 19.2 Å². The molecule has 0 radical (unpaired) electrons. The maximum Gasteiger partial charge on any atom is 0.277 e. The Hall–Kier alpha value is -3.32. The summed E-state index contributed by atoms with van der Waals surface area (Å²) in [6, 6.07) is 16.1. The van der Waals surface area contributed by atoms with E-state index in [-0.39, 0.29) is 18.4 Å². The van der Waals surface area contributed by atoms with E-state index in [1.807, 2.05) is 19.1 Å². The standard InChI is InChI=1S/C23H23ClN4O3/c1-15-12-20-21(29)28(18-8-10-19(31-3)11-9-18)23(2,14-27(20)26-15)22(30)25-13-16-4-6-17(24)7-5-16/h4-12H,13-14H2,1-3H3,(H,25,30). The average molecular weight is 439 g/mol.